The fourth-order valence-corrected chi connectivity index (χ4v) is 7.31. The molecule has 8 aromatic rings. The van der Waals surface area contributed by atoms with E-state index >= 15 is 0 Å². The lowest BCUT2D eigenvalue weighted by Gasteiger charge is -2.29. The highest BCUT2D eigenvalue weighted by Gasteiger charge is 2.26. The van der Waals surface area contributed by atoms with Crippen molar-refractivity contribution in [2.24, 2.45) is 0 Å². The van der Waals surface area contributed by atoms with Gasteiger partial charge in [-0.15, -0.1) is 21.9 Å². The number of fused-ring (bicyclic) bond motifs is 4. The van der Waals surface area contributed by atoms with E-state index in [1.165, 1.54) is 0 Å². The maximum Gasteiger partial charge on any atom is 0.114 e. The molecule has 0 aliphatic rings. The predicted molar refractivity (Wildman–Crippen MR) is 217 cm³/mol. The summed E-state index contributed by atoms with van der Waals surface area (Å²) < 4.78 is 2.15. The third kappa shape index (κ3) is 4.56. The van der Waals surface area contributed by atoms with Crippen LogP contribution >= 0.6 is 0 Å². The number of aromatic nitrogens is 2. The van der Waals surface area contributed by atoms with Gasteiger partial charge in [-0.25, -0.2) is 4.98 Å². The van der Waals surface area contributed by atoms with Crippen molar-refractivity contribution in [2.45, 2.75) is 13.3 Å². The molecule has 0 N–H and O–H groups in total. The summed E-state index contributed by atoms with van der Waals surface area (Å²) in [4.78, 5) is 4.96. The Morgan fingerprint density at radius 2 is 1.02 bits per heavy atom. The van der Waals surface area contributed by atoms with Gasteiger partial charge in [0.25, 0.3) is 0 Å². The number of benzene rings is 7. The van der Waals surface area contributed by atoms with Crippen LogP contribution in [0.2, 0.25) is 0 Å². The third-order valence-electron chi connectivity index (χ3n) is 9.72. The number of hydrogen-bond donors (Lipinski definition) is 0. The molecule has 0 aliphatic heterocycles. The Kier molecular flexibility index (Phi) is 7.56. The van der Waals surface area contributed by atoms with Gasteiger partial charge in [0, 0.05) is 12.0 Å². The fraction of sp³-hybridized carbons (Fsp3) is 0.0513. The van der Waals surface area contributed by atoms with Crippen LogP contribution in [0.3, 0.4) is 0 Å². The predicted octanol–water partition coefficient (Wildman–Crippen LogP) is 0.732. The van der Waals surface area contributed by atoms with Crippen LogP contribution in [0.4, 0.5) is 0 Å². The van der Waals surface area contributed by atoms with Gasteiger partial charge in [-0.05, 0) is 73.3 Å². The van der Waals surface area contributed by atoms with Gasteiger partial charge in [0.2, 0.25) is 0 Å². The van der Waals surface area contributed by atoms with Gasteiger partial charge in [-0.3, -0.25) is 4.57 Å². The summed E-state index contributed by atoms with van der Waals surface area (Å²) in [5.41, 5.74) is 7.32. The van der Waals surface area contributed by atoms with E-state index in [4.69, 9.17) is 67.8 Å². The summed E-state index contributed by atoms with van der Waals surface area (Å²) >= 11 is 0. The van der Waals surface area contributed by atoms with E-state index in [-0.39, 0.29) is 43.7 Å². The van der Waals surface area contributed by atoms with Crippen LogP contribution < -0.4 is 43.7 Å². The molecule has 10 heteroatoms. The molecule has 0 saturated carbocycles. The summed E-state index contributed by atoms with van der Waals surface area (Å²) in [5.74, 6) is 0.877. The van der Waals surface area contributed by atoms with Crippen molar-refractivity contribution in [3.05, 3.63) is 96.8 Å². The van der Waals surface area contributed by atoms with Crippen LogP contribution in [0.1, 0.15) is 12.7 Å². The number of imidazole rings is 1. The van der Waals surface area contributed by atoms with Crippen LogP contribution in [0.15, 0.2) is 91.0 Å². The summed E-state index contributed by atoms with van der Waals surface area (Å²) in [6.07, 6.45) is 0.683. The first-order valence-corrected chi connectivity index (χ1v) is 16.0. The molecular formula is C39H20B8N2. The first-order chi connectivity index (χ1) is 23.6. The van der Waals surface area contributed by atoms with Crippen molar-refractivity contribution in [3.63, 3.8) is 0 Å². The Bertz CT molecular complexity index is 2620. The van der Waals surface area contributed by atoms with E-state index in [0.29, 0.717) is 39.1 Å². The number of para-hydroxylation sites is 3. The van der Waals surface area contributed by atoms with Crippen LogP contribution in [0.25, 0.3) is 71.3 Å². The van der Waals surface area contributed by atoms with E-state index in [2.05, 4.69) is 23.6 Å². The van der Waals surface area contributed by atoms with Gasteiger partial charge in [-0.2, -0.15) is 0 Å². The zero-order chi connectivity index (χ0) is 34.3. The van der Waals surface area contributed by atoms with Gasteiger partial charge < -0.3 is 0 Å². The van der Waals surface area contributed by atoms with Crippen molar-refractivity contribution >= 4 is 150 Å². The topological polar surface area (TPSA) is 17.8 Å². The zero-order valence-corrected chi connectivity index (χ0v) is 26.9. The molecule has 0 aliphatic carbocycles. The standard InChI is InChI=1S/C39H20B8N2/c1-2-25-48-22-12-6-8-14-24(22)49(25)23-13-7-5-11-21(23)27-30-28(32(40)36(44)38(46)34(30)42)26(20-16-15-18-9-3-4-10-19(18)17-20)29-31(27)35(43)39(47)37(45)33(29)41/h3-17H,2H2,1H3. The number of nitrogens with zero attached hydrogens (tertiary/aromatic N) is 2. The number of rotatable bonds is 4. The lowest BCUT2D eigenvalue weighted by atomic mass is 9.59. The maximum absolute atomic E-state index is 7.02. The van der Waals surface area contributed by atoms with Crippen LogP contribution in [0, 0.1) is 0 Å². The first kappa shape index (κ1) is 31.6. The minimum Gasteiger partial charge on any atom is -0.296 e. The smallest absolute Gasteiger partial charge is 0.114 e. The van der Waals surface area contributed by atoms with Crippen molar-refractivity contribution in [2.75, 3.05) is 0 Å². The SMILES string of the molecule is [B]c1c([B])c([B])c2c(-c3ccccc3-n3c(CC)nc4ccccc43)c3c([B])c([B])c([B])c([B])c3c(-c3ccc4ccccc4c3)c2c1[B]. The lowest BCUT2D eigenvalue weighted by Crippen LogP contribution is -2.50. The molecule has 1 aromatic heterocycles. The molecule has 16 radical (unpaired) electrons. The van der Waals surface area contributed by atoms with E-state index in [1.54, 1.807) is 0 Å². The largest absolute Gasteiger partial charge is 0.296 e. The highest BCUT2D eigenvalue weighted by molar-refractivity contribution is 6.71. The summed E-state index contributed by atoms with van der Waals surface area (Å²) in [5, 5.41) is 4.39. The molecule has 0 saturated heterocycles. The van der Waals surface area contributed by atoms with E-state index in [0.717, 1.165) is 44.4 Å². The molecule has 8 rings (SSSR count). The number of hydrogen-bond acceptors (Lipinski definition) is 1. The Morgan fingerprint density at radius 1 is 0.510 bits per heavy atom. The van der Waals surface area contributed by atoms with E-state index in [1.807, 2.05) is 78.9 Å². The Morgan fingerprint density at radius 3 is 1.63 bits per heavy atom. The summed E-state index contributed by atoms with van der Waals surface area (Å²) in [6, 6.07) is 30.2. The quantitative estimate of drug-likeness (QED) is 0.215. The first-order valence-electron chi connectivity index (χ1n) is 16.0. The van der Waals surface area contributed by atoms with E-state index in [9.17, 15) is 0 Å². The molecule has 210 valence electrons. The highest BCUT2D eigenvalue weighted by atomic mass is 15.1. The van der Waals surface area contributed by atoms with Gasteiger partial charge in [0.05, 0.1) is 16.7 Å². The average Bonchev–Trinajstić information content (AvgIpc) is 3.51. The molecule has 0 spiro atoms. The van der Waals surface area contributed by atoms with Crippen molar-refractivity contribution in [1.29, 1.82) is 0 Å². The molecule has 7 aromatic carbocycles. The van der Waals surface area contributed by atoms with Crippen LogP contribution in [0.5, 0.6) is 0 Å². The molecule has 0 amide bonds. The highest BCUT2D eigenvalue weighted by Crippen LogP contribution is 2.43. The van der Waals surface area contributed by atoms with Crippen LogP contribution in [-0.4, -0.2) is 72.3 Å². The molecule has 49 heavy (non-hydrogen) atoms. The van der Waals surface area contributed by atoms with Gasteiger partial charge >= 0.3 is 0 Å². The average molecular weight is 603 g/mol. The van der Waals surface area contributed by atoms with Gasteiger partial charge in [0.1, 0.15) is 68.6 Å². The minimum absolute atomic E-state index is 0.171. The Hall–Kier alpha value is -4.69. The van der Waals surface area contributed by atoms with E-state index < -0.39 is 0 Å². The zero-order valence-electron chi connectivity index (χ0n) is 26.9. The molecule has 0 unspecified atom stereocenters. The molecule has 1 heterocycles. The third-order valence-corrected chi connectivity index (χ3v) is 9.72. The normalized spacial score (nSPS) is 11.7. The van der Waals surface area contributed by atoms with Crippen LogP contribution in [-0.2, 0) is 6.42 Å². The summed E-state index contributed by atoms with van der Waals surface area (Å²) in [6.45, 7) is 2.08. The molecule has 0 bridgehead atoms. The molecule has 2 nitrogen and oxygen atoms in total. The van der Waals surface area contributed by atoms with Gasteiger partial charge in [-0.1, -0.05) is 95.5 Å². The molecular weight excluding hydrogens is 583 g/mol. The lowest BCUT2D eigenvalue weighted by molar-refractivity contribution is 0.909. The second-order valence-corrected chi connectivity index (χ2v) is 12.3. The second-order valence-electron chi connectivity index (χ2n) is 12.3. The Balaban J connectivity index is 1.66. The summed E-state index contributed by atoms with van der Waals surface area (Å²) in [7, 11) is 54.5. The molecule has 0 atom stereocenters. The Labute approximate surface area is 296 Å². The molecule has 0 fully saturated rings. The second kappa shape index (κ2) is 11.7. The number of aryl methyl sites for hydroxylation is 1. The van der Waals surface area contributed by atoms with Crippen molar-refractivity contribution < 1.29 is 0 Å². The monoisotopic (exact) mass is 604 g/mol. The van der Waals surface area contributed by atoms with Crippen molar-refractivity contribution in [1.82, 2.24) is 9.55 Å². The fourth-order valence-electron chi connectivity index (χ4n) is 7.31. The van der Waals surface area contributed by atoms with Crippen molar-refractivity contribution in [3.8, 4) is 27.9 Å². The maximum atomic E-state index is 7.02. The van der Waals surface area contributed by atoms with Gasteiger partial charge in [0.15, 0.2) is 0 Å². The minimum atomic E-state index is 0.171.